The van der Waals surface area contributed by atoms with E-state index in [1.807, 2.05) is 0 Å². The molecule has 0 spiro atoms. The summed E-state index contributed by atoms with van der Waals surface area (Å²) in [6.07, 6.45) is -2.04. The normalized spacial score (nSPS) is 21.8. The number of hydrogen-bond acceptors (Lipinski definition) is 4. The van der Waals surface area contributed by atoms with E-state index in [-0.39, 0.29) is 19.1 Å². The average molecular weight is 237 g/mol. The van der Waals surface area contributed by atoms with Gasteiger partial charge in [0.2, 0.25) is 0 Å². The van der Waals surface area contributed by atoms with Crippen LogP contribution in [0.2, 0.25) is 0 Å². The van der Waals surface area contributed by atoms with Gasteiger partial charge in [-0.2, -0.15) is 8.78 Å². The first-order chi connectivity index (χ1) is 7.56. The lowest BCUT2D eigenvalue weighted by Crippen LogP contribution is -2.38. The Bertz CT molecular complexity index is 230. The van der Waals surface area contributed by atoms with E-state index in [9.17, 15) is 13.6 Å². The quantitative estimate of drug-likeness (QED) is 0.729. The van der Waals surface area contributed by atoms with E-state index >= 15 is 0 Å². The maximum atomic E-state index is 13.0. The molecule has 0 aromatic rings. The fourth-order valence-electron chi connectivity index (χ4n) is 1.56. The third-order valence-corrected chi connectivity index (χ3v) is 2.41. The largest absolute Gasteiger partial charge is 0.460 e. The molecule has 0 radical (unpaired) electrons. The zero-order chi connectivity index (χ0) is 12.0. The lowest BCUT2D eigenvalue weighted by atomic mass is 10.0. The van der Waals surface area contributed by atoms with Crippen molar-refractivity contribution in [3.05, 3.63) is 0 Å². The second kappa shape index (κ2) is 6.10. The maximum absolute atomic E-state index is 13.0. The molecule has 1 aliphatic heterocycles. The van der Waals surface area contributed by atoms with Gasteiger partial charge in [0.1, 0.15) is 0 Å². The molecule has 1 fully saturated rings. The summed E-state index contributed by atoms with van der Waals surface area (Å²) < 4.78 is 34.6. The van der Waals surface area contributed by atoms with Crippen molar-refractivity contribution in [3.63, 3.8) is 0 Å². The van der Waals surface area contributed by atoms with Crippen molar-refractivity contribution < 1.29 is 23.0 Å². The summed E-state index contributed by atoms with van der Waals surface area (Å²) >= 11 is 0. The molecule has 0 saturated carbocycles. The summed E-state index contributed by atoms with van der Waals surface area (Å²) in [5.41, 5.74) is 0. The maximum Gasteiger partial charge on any atom is 0.456 e. The predicted molar refractivity (Wildman–Crippen MR) is 53.1 cm³/mol. The molecular formula is C10H17F2NO3. The number of hydrogen-bond donors (Lipinski definition) is 1. The highest BCUT2D eigenvalue weighted by molar-refractivity contribution is 5.75. The first kappa shape index (κ1) is 13.3. The molecule has 1 heterocycles. The lowest BCUT2D eigenvalue weighted by molar-refractivity contribution is -0.253. The van der Waals surface area contributed by atoms with Crippen molar-refractivity contribution in [2.45, 2.75) is 25.9 Å². The second-order valence-corrected chi connectivity index (χ2v) is 3.76. The number of ether oxygens (including phenoxy) is 2. The molecule has 0 bridgehead atoms. The summed E-state index contributed by atoms with van der Waals surface area (Å²) in [6, 6.07) is 0. The van der Waals surface area contributed by atoms with Crippen LogP contribution in [0.15, 0.2) is 0 Å². The van der Waals surface area contributed by atoms with Crippen LogP contribution in [0.5, 0.6) is 0 Å². The SMILES string of the molecule is CCOC(=O)C(F)(F)OCC1CCCNC1. The van der Waals surface area contributed by atoms with Crippen LogP contribution in [0.1, 0.15) is 19.8 Å². The Morgan fingerprint density at radius 1 is 1.56 bits per heavy atom. The van der Waals surface area contributed by atoms with Crippen molar-refractivity contribution in [2.75, 3.05) is 26.3 Å². The Hall–Kier alpha value is -0.750. The molecule has 1 aliphatic rings. The van der Waals surface area contributed by atoms with Gasteiger partial charge in [-0.1, -0.05) is 0 Å². The number of halogens is 2. The molecule has 94 valence electrons. The number of piperidine rings is 1. The van der Waals surface area contributed by atoms with Crippen molar-refractivity contribution in [3.8, 4) is 0 Å². The molecule has 0 aromatic heterocycles. The van der Waals surface area contributed by atoms with Crippen LogP contribution in [-0.2, 0) is 14.3 Å². The topological polar surface area (TPSA) is 47.6 Å². The average Bonchev–Trinajstić information content (AvgIpc) is 2.28. The lowest BCUT2D eigenvalue weighted by Gasteiger charge is -2.24. The molecule has 0 aromatic carbocycles. The Morgan fingerprint density at radius 3 is 2.88 bits per heavy atom. The minimum atomic E-state index is -3.83. The number of carbonyl (C=O) groups is 1. The van der Waals surface area contributed by atoms with Gasteiger partial charge < -0.3 is 14.8 Å². The summed E-state index contributed by atoms with van der Waals surface area (Å²) in [4.78, 5) is 10.8. The molecule has 1 saturated heterocycles. The van der Waals surface area contributed by atoms with Crippen LogP contribution in [0.4, 0.5) is 8.78 Å². The minimum Gasteiger partial charge on any atom is -0.460 e. The van der Waals surface area contributed by atoms with Crippen molar-refractivity contribution in [2.24, 2.45) is 5.92 Å². The summed E-state index contributed by atoms with van der Waals surface area (Å²) in [5.74, 6) is -1.58. The fourth-order valence-corrected chi connectivity index (χ4v) is 1.56. The van der Waals surface area contributed by atoms with Crippen LogP contribution >= 0.6 is 0 Å². The highest BCUT2D eigenvalue weighted by Gasteiger charge is 2.42. The molecule has 0 aliphatic carbocycles. The molecule has 16 heavy (non-hydrogen) atoms. The third kappa shape index (κ3) is 4.02. The smallest absolute Gasteiger partial charge is 0.456 e. The number of carbonyl (C=O) groups excluding carboxylic acids is 1. The van der Waals surface area contributed by atoms with Crippen molar-refractivity contribution in [1.82, 2.24) is 5.32 Å². The minimum absolute atomic E-state index is 0.0362. The molecule has 1 N–H and O–H groups in total. The third-order valence-electron chi connectivity index (χ3n) is 2.41. The second-order valence-electron chi connectivity index (χ2n) is 3.76. The van der Waals surface area contributed by atoms with Crippen LogP contribution in [0, 0.1) is 5.92 Å². The van der Waals surface area contributed by atoms with E-state index in [4.69, 9.17) is 0 Å². The van der Waals surface area contributed by atoms with E-state index in [1.54, 1.807) is 0 Å². The number of rotatable bonds is 5. The van der Waals surface area contributed by atoms with Gasteiger partial charge >= 0.3 is 12.1 Å². The van der Waals surface area contributed by atoms with E-state index in [2.05, 4.69) is 14.8 Å². The van der Waals surface area contributed by atoms with Gasteiger partial charge in [-0.25, -0.2) is 4.79 Å². The Morgan fingerprint density at radius 2 is 2.31 bits per heavy atom. The van der Waals surface area contributed by atoms with Crippen LogP contribution in [0.25, 0.3) is 0 Å². The van der Waals surface area contributed by atoms with E-state index in [0.717, 1.165) is 19.4 Å². The van der Waals surface area contributed by atoms with Gasteiger partial charge in [0.25, 0.3) is 0 Å². The summed E-state index contributed by atoms with van der Waals surface area (Å²) in [5, 5.41) is 3.08. The predicted octanol–water partition coefficient (Wildman–Crippen LogP) is 1.16. The molecule has 1 atom stereocenters. The molecule has 1 rings (SSSR count). The van der Waals surface area contributed by atoms with Gasteiger partial charge in [0.05, 0.1) is 13.2 Å². The fraction of sp³-hybridized carbons (Fsp3) is 0.900. The molecular weight excluding hydrogens is 220 g/mol. The zero-order valence-corrected chi connectivity index (χ0v) is 9.30. The highest BCUT2D eigenvalue weighted by Crippen LogP contribution is 2.20. The number of nitrogens with one attached hydrogen (secondary N) is 1. The highest BCUT2D eigenvalue weighted by atomic mass is 19.3. The zero-order valence-electron chi connectivity index (χ0n) is 9.30. The van der Waals surface area contributed by atoms with E-state index in [1.165, 1.54) is 6.92 Å². The Balaban J connectivity index is 2.31. The molecule has 1 unspecified atom stereocenters. The van der Waals surface area contributed by atoms with Gasteiger partial charge in [0, 0.05) is 6.54 Å². The van der Waals surface area contributed by atoms with Gasteiger partial charge in [-0.15, -0.1) is 0 Å². The van der Waals surface area contributed by atoms with Gasteiger partial charge in [0.15, 0.2) is 0 Å². The van der Waals surface area contributed by atoms with E-state index < -0.39 is 12.1 Å². The Labute approximate surface area is 93.3 Å². The Kier molecular flexibility index (Phi) is 5.08. The first-order valence-corrected chi connectivity index (χ1v) is 5.46. The molecule has 0 amide bonds. The summed E-state index contributed by atoms with van der Waals surface area (Å²) in [6.45, 7) is 2.82. The van der Waals surface area contributed by atoms with Crippen molar-refractivity contribution >= 4 is 5.97 Å². The standard InChI is InChI=1S/C10H17F2NO3/c1-2-15-9(14)10(11,12)16-7-8-4-3-5-13-6-8/h8,13H,2-7H2,1H3. The van der Waals surface area contributed by atoms with Crippen LogP contribution in [-0.4, -0.2) is 38.4 Å². The number of alkyl halides is 2. The van der Waals surface area contributed by atoms with Gasteiger partial charge in [-0.05, 0) is 32.2 Å². The first-order valence-electron chi connectivity index (χ1n) is 5.46. The monoisotopic (exact) mass is 237 g/mol. The molecule has 6 heteroatoms. The summed E-state index contributed by atoms with van der Waals surface area (Å²) in [7, 11) is 0. The van der Waals surface area contributed by atoms with Crippen molar-refractivity contribution in [1.29, 1.82) is 0 Å². The molecule has 4 nitrogen and oxygen atoms in total. The number of esters is 1. The van der Waals surface area contributed by atoms with Gasteiger partial charge in [-0.3, -0.25) is 0 Å². The van der Waals surface area contributed by atoms with Crippen LogP contribution in [0.3, 0.4) is 0 Å². The van der Waals surface area contributed by atoms with Crippen LogP contribution < -0.4 is 5.32 Å². The van der Waals surface area contributed by atoms with E-state index in [0.29, 0.717) is 6.54 Å².